The molecule has 0 saturated carbocycles. The van der Waals surface area contributed by atoms with E-state index >= 15 is 0 Å². The molecule has 2 rings (SSSR count). The molecular weight excluding hydrogens is 337 g/mol. The summed E-state index contributed by atoms with van der Waals surface area (Å²) < 4.78 is 18.9. The normalized spacial score (nSPS) is 10.3. The molecule has 0 bridgehead atoms. The molecule has 2 aromatic rings. The highest BCUT2D eigenvalue weighted by Gasteiger charge is 2.17. The van der Waals surface area contributed by atoms with Crippen molar-refractivity contribution in [3.05, 3.63) is 58.3 Å². The van der Waals surface area contributed by atoms with Crippen molar-refractivity contribution in [3.63, 3.8) is 0 Å². The molecule has 110 valence electrons. The molecule has 0 aliphatic heterocycles. The zero-order chi connectivity index (χ0) is 15.4. The van der Waals surface area contributed by atoms with Crippen LogP contribution in [0.1, 0.15) is 17.3 Å². The van der Waals surface area contributed by atoms with E-state index in [2.05, 4.69) is 15.9 Å². The predicted molar refractivity (Wildman–Crippen MR) is 84.4 cm³/mol. The summed E-state index contributed by atoms with van der Waals surface area (Å²) in [5.41, 5.74) is 1.20. The lowest BCUT2D eigenvalue weighted by Crippen LogP contribution is -2.30. The van der Waals surface area contributed by atoms with Gasteiger partial charge in [0, 0.05) is 17.8 Å². The van der Waals surface area contributed by atoms with Crippen molar-refractivity contribution in [2.24, 2.45) is 0 Å². The predicted octanol–water partition coefficient (Wildman–Crippen LogP) is 4.26. The molecule has 1 amide bonds. The first-order valence-corrected chi connectivity index (χ1v) is 7.27. The van der Waals surface area contributed by atoms with Crippen LogP contribution in [0.2, 0.25) is 0 Å². The molecule has 21 heavy (non-hydrogen) atoms. The second kappa shape index (κ2) is 6.72. The van der Waals surface area contributed by atoms with Gasteiger partial charge in [0.1, 0.15) is 11.6 Å². The van der Waals surface area contributed by atoms with Gasteiger partial charge in [-0.1, -0.05) is 0 Å². The van der Waals surface area contributed by atoms with Crippen LogP contribution in [-0.2, 0) is 0 Å². The van der Waals surface area contributed by atoms with Crippen LogP contribution in [0, 0.1) is 5.82 Å². The molecule has 3 nitrogen and oxygen atoms in total. The zero-order valence-corrected chi connectivity index (χ0v) is 13.4. The number of carbonyl (C=O) groups is 1. The van der Waals surface area contributed by atoms with Gasteiger partial charge in [-0.2, -0.15) is 0 Å². The summed E-state index contributed by atoms with van der Waals surface area (Å²) in [6.45, 7) is 2.37. The Morgan fingerprint density at radius 3 is 2.43 bits per heavy atom. The number of rotatable bonds is 4. The van der Waals surface area contributed by atoms with Gasteiger partial charge >= 0.3 is 0 Å². The van der Waals surface area contributed by atoms with E-state index in [1.54, 1.807) is 42.3 Å². The van der Waals surface area contributed by atoms with E-state index in [0.717, 1.165) is 0 Å². The molecule has 0 aromatic heterocycles. The summed E-state index contributed by atoms with van der Waals surface area (Å²) in [5, 5.41) is 0. The number of amides is 1. The number of carbonyl (C=O) groups excluding carboxylic acids is 1. The van der Waals surface area contributed by atoms with E-state index in [9.17, 15) is 9.18 Å². The lowest BCUT2D eigenvalue weighted by atomic mass is 10.1. The molecule has 0 fully saturated rings. The Morgan fingerprint density at radius 2 is 1.90 bits per heavy atom. The summed E-state index contributed by atoms with van der Waals surface area (Å²) in [4.78, 5) is 14.2. The molecule has 0 unspecified atom stereocenters. The van der Waals surface area contributed by atoms with Gasteiger partial charge in [-0.05, 0) is 65.3 Å². The molecular formula is C16H15BrFNO2. The van der Waals surface area contributed by atoms with Crippen LogP contribution in [0.5, 0.6) is 5.75 Å². The van der Waals surface area contributed by atoms with Gasteiger partial charge in [0.2, 0.25) is 0 Å². The summed E-state index contributed by atoms with van der Waals surface area (Å²) in [7, 11) is 1.57. The van der Waals surface area contributed by atoms with Crippen LogP contribution in [0.4, 0.5) is 10.1 Å². The number of nitrogens with zero attached hydrogens (tertiary/aromatic N) is 1. The Bertz CT molecular complexity index is 643. The second-order valence-corrected chi connectivity index (χ2v) is 5.23. The van der Waals surface area contributed by atoms with Crippen molar-refractivity contribution in [2.45, 2.75) is 6.92 Å². The quantitative estimate of drug-likeness (QED) is 0.823. The number of ether oxygens (including phenoxy) is 1. The number of hydrogen-bond acceptors (Lipinski definition) is 2. The number of halogens is 2. The lowest BCUT2D eigenvalue weighted by Gasteiger charge is -2.21. The van der Waals surface area contributed by atoms with Crippen LogP contribution < -0.4 is 9.64 Å². The highest BCUT2D eigenvalue weighted by atomic mass is 79.9. The van der Waals surface area contributed by atoms with E-state index < -0.39 is 0 Å². The summed E-state index contributed by atoms with van der Waals surface area (Å²) in [5.74, 6) is 0.193. The van der Waals surface area contributed by atoms with Gasteiger partial charge in [0.15, 0.2) is 0 Å². The van der Waals surface area contributed by atoms with E-state index in [4.69, 9.17) is 4.74 Å². The first kappa shape index (κ1) is 15.5. The van der Waals surface area contributed by atoms with Crippen molar-refractivity contribution < 1.29 is 13.9 Å². The van der Waals surface area contributed by atoms with E-state index in [1.165, 1.54) is 12.1 Å². The Hall–Kier alpha value is -1.88. The Kier molecular flexibility index (Phi) is 4.96. The van der Waals surface area contributed by atoms with Crippen molar-refractivity contribution in [2.75, 3.05) is 18.6 Å². The van der Waals surface area contributed by atoms with Crippen molar-refractivity contribution in [1.82, 2.24) is 0 Å². The number of benzene rings is 2. The molecule has 0 aliphatic rings. The van der Waals surface area contributed by atoms with E-state index in [0.29, 0.717) is 28.0 Å². The van der Waals surface area contributed by atoms with Crippen LogP contribution in [0.25, 0.3) is 0 Å². The molecule has 0 atom stereocenters. The largest absolute Gasteiger partial charge is 0.496 e. The van der Waals surface area contributed by atoms with Crippen LogP contribution in [0.3, 0.4) is 0 Å². The average molecular weight is 352 g/mol. The SMILES string of the molecule is CCN(C(=O)c1ccc(OC)c(Br)c1)c1ccc(F)cc1. The maximum atomic E-state index is 13.0. The van der Waals surface area contributed by atoms with Crippen molar-refractivity contribution in [3.8, 4) is 5.75 Å². The minimum absolute atomic E-state index is 0.146. The molecule has 0 aliphatic carbocycles. The summed E-state index contributed by atoms with van der Waals surface area (Å²) in [6.07, 6.45) is 0. The van der Waals surface area contributed by atoms with Crippen LogP contribution in [-0.4, -0.2) is 19.6 Å². The third-order valence-electron chi connectivity index (χ3n) is 3.10. The van der Waals surface area contributed by atoms with Gasteiger partial charge in [0.25, 0.3) is 5.91 Å². The first-order valence-electron chi connectivity index (χ1n) is 6.47. The molecule has 2 aromatic carbocycles. The van der Waals surface area contributed by atoms with Crippen LogP contribution >= 0.6 is 15.9 Å². The van der Waals surface area contributed by atoms with Crippen molar-refractivity contribution in [1.29, 1.82) is 0 Å². The molecule has 0 N–H and O–H groups in total. The fourth-order valence-corrected chi connectivity index (χ4v) is 2.56. The highest BCUT2D eigenvalue weighted by Crippen LogP contribution is 2.27. The Morgan fingerprint density at radius 1 is 1.24 bits per heavy atom. The first-order chi connectivity index (χ1) is 10.1. The van der Waals surface area contributed by atoms with Gasteiger partial charge in [0.05, 0.1) is 11.6 Å². The molecule has 0 heterocycles. The van der Waals surface area contributed by atoms with Gasteiger partial charge < -0.3 is 9.64 Å². The molecule has 0 saturated heterocycles. The van der Waals surface area contributed by atoms with Crippen molar-refractivity contribution >= 4 is 27.5 Å². The smallest absolute Gasteiger partial charge is 0.258 e. The number of methoxy groups -OCH3 is 1. The maximum Gasteiger partial charge on any atom is 0.258 e. The van der Waals surface area contributed by atoms with E-state index in [-0.39, 0.29) is 11.7 Å². The lowest BCUT2D eigenvalue weighted by molar-refractivity contribution is 0.0988. The summed E-state index contributed by atoms with van der Waals surface area (Å²) in [6, 6.07) is 11.0. The standard InChI is InChI=1S/C16H15BrFNO2/c1-3-19(13-7-5-12(18)6-8-13)16(20)11-4-9-15(21-2)14(17)10-11/h4-10H,3H2,1-2H3. The Balaban J connectivity index is 2.32. The topological polar surface area (TPSA) is 29.5 Å². The van der Waals surface area contributed by atoms with Gasteiger partial charge in [-0.25, -0.2) is 4.39 Å². The minimum atomic E-state index is -0.325. The highest BCUT2D eigenvalue weighted by molar-refractivity contribution is 9.10. The summed E-state index contributed by atoms with van der Waals surface area (Å²) >= 11 is 3.37. The van der Waals surface area contributed by atoms with E-state index in [1.807, 2.05) is 6.92 Å². The Labute approximate surface area is 131 Å². The minimum Gasteiger partial charge on any atom is -0.496 e. The van der Waals surface area contributed by atoms with Gasteiger partial charge in [-0.15, -0.1) is 0 Å². The fourth-order valence-electron chi connectivity index (χ4n) is 2.02. The number of anilines is 1. The fraction of sp³-hybridized carbons (Fsp3) is 0.188. The second-order valence-electron chi connectivity index (χ2n) is 4.38. The average Bonchev–Trinajstić information content (AvgIpc) is 2.49. The molecule has 0 spiro atoms. The molecule has 5 heteroatoms. The van der Waals surface area contributed by atoms with Gasteiger partial charge in [-0.3, -0.25) is 4.79 Å². The third kappa shape index (κ3) is 3.42. The van der Waals surface area contributed by atoms with Crippen LogP contribution in [0.15, 0.2) is 46.9 Å². The monoisotopic (exact) mass is 351 g/mol. The zero-order valence-electron chi connectivity index (χ0n) is 11.8. The number of hydrogen-bond donors (Lipinski definition) is 0. The third-order valence-corrected chi connectivity index (χ3v) is 3.72. The maximum absolute atomic E-state index is 13.0. The molecule has 0 radical (unpaired) electrons.